The van der Waals surface area contributed by atoms with Gasteiger partial charge >= 0.3 is 6.03 Å². The second kappa shape index (κ2) is 9.23. The number of benzene rings is 1. The van der Waals surface area contributed by atoms with E-state index < -0.39 is 0 Å². The standard InChI is InChI=1S/C16H26N2O3/c1-4-21-15-9-5-8-14(11-15)13(3)18-16(20)17-12(2)7-6-10-19/h5,8-9,11-13,19H,4,6-7,10H2,1-3H3,(H2,17,18,20). The van der Waals surface area contributed by atoms with E-state index in [1.807, 2.05) is 45.0 Å². The van der Waals surface area contributed by atoms with Gasteiger partial charge in [-0.2, -0.15) is 0 Å². The van der Waals surface area contributed by atoms with Crippen LogP contribution in [0, 0.1) is 0 Å². The molecule has 0 radical (unpaired) electrons. The zero-order chi connectivity index (χ0) is 15.7. The molecule has 0 aliphatic rings. The number of ether oxygens (including phenoxy) is 1. The van der Waals surface area contributed by atoms with Crippen LogP contribution in [0.5, 0.6) is 5.75 Å². The van der Waals surface area contributed by atoms with Gasteiger partial charge in [0.1, 0.15) is 5.75 Å². The summed E-state index contributed by atoms with van der Waals surface area (Å²) < 4.78 is 5.46. The van der Waals surface area contributed by atoms with Gasteiger partial charge in [-0.3, -0.25) is 0 Å². The molecular weight excluding hydrogens is 268 g/mol. The number of carbonyl (C=O) groups is 1. The van der Waals surface area contributed by atoms with E-state index in [0.29, 0.717) is 13.0 Å². The van der Waals surface area contributed by atoms with Crippen molar-refractivity contribution in [2.45, 2.75) is 45.7 Å². The fraction of sp³-hybridized carbons (Fsp3) is 0.562. The Morgan fingerprint density at radius 1 is 1.33 bits per heavy atom. The van der Waals surface area contributed by atoms with Crippen molar-refractivity contribution in [3.05, 3.63) is 29.8 Å². The lowest BCUT2D eigenvalue weighted by Crippen LogP contribution is -2.41. The highest BCUT2D eigenvalue weighted by Crippen LogP contribution is 2.19. The lowest BCUT2D eigenvalue weighted by atomic mass is 10.1. The molecule has 0 aliphatic carbocycles. The Morgan fingerprint density at radius 3 is 2.76 bits per heavy atom. The molecule has 0 bridgehead atoms. The van der Waals surface area contributed by atoms with Crippen LogP contribution < -0.4 is 15.4 Å². The van der Waals surface area contributed by atoms with Gasteiger partial charge in [0.15, 0.2) is 0 Å². The number of amides is 2. The van der Waals surface area contributed by atoms with Gasteiger partial charge in [0.25, 0.3) is 0 Å². The number of hydrogen-bond acceptors (Lipinski definition) is 3. The van der Waals surface area contributed by atoms with Gasteiger partial charge in [0.05, 0.1) is 12.6 Å². The Morgan fingerprint density at radius 2 is 2.10 bits per heavy atom. The molecule has 0 spiro atoms. The van der Waals surface area contributed by atoms with Gasteiger partial charge in [-0.15, -0.1) is 0 Å². The third-order valence-corrected chi connectivity index (χ3v) is 3.19. The van der Waals surface area contributed by atoms with Crippen LogP contribution in [-0.4, -0.2) is 30.4 Å². The van der Waals surface area contributed by atoms with Gasteiger partial charge in [0.2, 0.25) is 0 Å². The molecule has 0 aromatic heterocycles. The Labute approximate surface area is 126 Å². The van der Waals surface area contributed by atoms with Gasteiger partial charge in [-0.1, -0.05) is 12.1 Å². The molecule has 2 unspecified atom stereocenters. The summed E-state index contributed by atoms with van der Waals surface area (Å²) in [7, 11) is 0. The first-order valence-electron chi connectivity index (χ1n) is 7.47. The molecule has 2 atom stereocenters. The second-order valence-corrected chi connectivity index (χ2v) is 5.11. The third kappa shape index (κ3) is 6.49. The van der Waals surface area contributed by atoms with E-state index in [4.69, 9.17) is 9.84 Å². The zero-order valence-electron chi connectivity index (χ0n) is 13.1. The molecule has 0 heterocycles. The molecule has 5 nitrogen and oxygen atoms in total. The van der Waals surface area contributed by atoms with Crippen molar-refractivity contribution in [1.29, 1.82) is 0 Å². The van der Waals surface area contributed by atoms with Crippen LogP contribution in [-0.2, 0) is 0 Å². The fourth-order valence-electron chi connectivity index (χ4n) is 2.06. The highest BCUT2D eigenvalue weighted by atomic mass is 16.5. The molecule has 1 rings (SSSR count). The van der Waals surface area contributed by atoms with Gasteiger partial charge in [-0.25, -0.2) is 4.79 Å². The Balaban J connectivity index is 2.50. The summed E-state index contributed by atoms with van der Waals surface area (Å²) in [6.07, 6.45) is 1.45. The van der Waals surface area contributed by atoms with Crippen molar-refractivity contribution in [3.63, 3.8) is 0 Å². The monoisotopic (exact) mass is 294 g/mol. The van der Waals surface area contributed by atoms with E-state index in [0.717, 1.165) is 17.7 Å². The minimum Gasteiger partial charge on any atom is -0.494 e. The van der Waals surface area contributed by atoms with Crippen molar-refractivity contribution in [3.8, 4) is 5.75 Å². The largest absolute Gasteiger partial charge is 0.494 e. The molecule has 118 valence electrons. The molecule has 5 heteroatoms. The van der Waals surface area contributed by atoms with Gasteiger partial charge in [0, 0.05) is 12.6 Å². The van der Waals surface area contributed by atoms with E-state index in [1.54, 1.807) is 0 Å². The van der Waals surface area contributed by atoms with Crippen molar-refractivity contribution >= 4 is 6.03 Å². The highest BCUT2D eigenvalue weighted by Gasteiger charge is 2.12. The maximum Gasteiger partial charge on any atom is 0.315 e. The molecule has 0 saturated heterocycles. The lowest BCUT2D eigenvalue weighted by molar-refractivity contribution is 0.231. The highest BCUT2D eigenvalue weighted by molar-refractivity contribution is 5.74. The summed E-state index contributed by atoms with van der Waals surface area (Å²) in [4.78, 5) is 11.9. The number of aliphatic hydroxyl groups is 1. The maximum absolute atomic E-state index is 11.9. The topological polar surface area (TPSA) is 70.6 Å². The molecule has 2 amide bonds. The van der Waals surface area contributed by atoms with E-state index in [-0.39, 0.29) is 24.7 Å². The van der Waals surface area contributed by atoms with Crippen LogP contribution >= 0.6 is 0 Å². The van der Waals surface area contributed by atoms with Crippen molar-refractivity contribution in [1.82, 2.24) is 10.6 Å². The lowest BCUT2D eigenvalue weighted by Gasteiger charge is -2.18. The van der Waals surface area contributed by atoms with Crippen LogP contribution in [0.1, 0.15) is 45.2 Å². The van der Waals surface area contributed by atoms with Crippen LogP contribution in [0.25, 0.3) is 0 Å². The van der Waals surface area contributed by atoms with E-state index >= 15 is 0 Å². The molecule has 3 N–H and O–H groups in total. The summed E-state index contributed by atoms with van der Waals surface area (Å²) in [5.41, 5.74) is 0.999. The Hall–Kier alpha value is -1.75. The fourth-order valence-corrected chi connectivity index (χ4v) is 2.06. The molecular formula is C16H26N2O3. The maximum atomic E-state index is 11.9. The molecule has 0 saturated carbocycles. The first kappa shape index (κ1) is 17.3. The van der Waals surface area contributed by atoms with Gasteiger partial charge < -0.3 is 20.5 Å². The summed E-state index contributed by atoms with van der Waals surface area (Å²) in [5.74, 6) is 0.806. The van der Waals surface area contributed by atoms with Crippen LogP contribution in [0.2, 0.25) is 0 Å². The van der Waals surface area contributed by atoms with E-state index in [2.05, 4.69) is 10.6 Å². The first-order valence-corrected chi connectivity index (χ1v) is 7.47. The normalized spacial score (nSPS) is 13.3. The average molecular weight is 294 g/mol. The minimum atomic E-state index is -0.199. The number of hydrogen-bond donors (Lipinski definition) is 3. The summed E-state index contributed by atoms with van der Waals surface area (Å²) in [5, 5.41) is 14.5. The number of carbonyl (C=O) groups excluding carboxylic acids is 1. The number of rotatable bonds is 8. The van der Waals surface area contributed by atoms with Crippen LogP contribution in [0.15, 0.2) is 24.3 Å². The summed E-state index contributed by atoms with van der Waals surface area (Å²) in [6, 6.07) is 7.45. The zero-order valence-corrected chi connectivity index (χ0v) is 13.1. The smallest absolute Gasteiger partial charge is 0.315 e. The number of aliphatic hydroxyl groups excluding tert-OH is 1. The average Bonchev–Trinajstić information content (AvgIpc) is 2.45. The molecule has 1 aromatic rings. The quantitative estimate of drug-likeness (QED) is 0.690. The molecule has 0 aliphatic heterocycles. The molecule has 0 fully saturated rings. The Kier molecular flexibility index (Phi) is 7.61. The summed E-state index contributed by atoms with van der Waals surface area (Å²) >= 11 is 0. The van der Waals surface area contributed by atoms with Crippen molar-refractivity contribution < 1.29 is 14.6 Å². The molecule has 1 aromatic carbocycles. The first-order chi connectivity index (χ1) is 10.1. The predicted octanol–water partition coefficient (Wildman–Crippen LogP) is 2.61. The van der Waals surface area contributed by atoms with Crippen LogP contribution in [0.3, 0.4) is 0 Å². The predicted molar refractivity (Wildman–Crippen MR) is 83.5 cm³/mol. The third-order valence-electron chi connectivity index (χ3n) is 3.19. The summed E-state index contributed by atoms with van der Waals surface area (Å²) in [6.45, 7) is 6.57. The van der Waals surface area contributed by atoms with Crippen molar-refractivity contribution in [2.75, 3.05) is 13.2 Å². The Bertz CT molecular complexity index is 437. The second-order valence-electron chi connectivity index (χ2n) is 5.11. The number of nitrogens with one attached hydrogen (secondary N) is 2. The number of urea groups is 1. The van der Waals surface area contributed by atoms with E-state index in [1.165, 1.54) is 0 Å². The van der Waals surface area contributed by atoms with E-state index in [9.17, 15) is 4.79 Å². The van der Waals surface area contributed by atoms with Gasteiger partial charge in [-0.05, 0) is 51.3 Å². The minimum absolute atomic E-state index is 0.0408. The molecule has 21 heavy (non-hydrogen) atoms. The van der Waals surface area contributed by atoms with Crippen LogP contribution in [0.4, 0.5) is 4.79 Å². The van der Waals surface area contributed by atoms with Crippen molar-refractivity contribution in [2.24, 2.45) is 0 Å². The SMILES string of the molecule is CCOc1cccc(C(C)NC(=O)NC(C)CCCO)c1.